The molecular weight excluding hydrogens is 222 g/mol. The van der Waals surface area contributed by atoms with E-state index < -0.39 is 0 Å². The summed E-state index contributed by atoms with van der Waals surface area (Å²) >= 11 is 0. The van der Waals surface area contributed by atoms with Crippen molar-refractivity contribution in [3.05, 3.63) is 29.8 Å². The van der Waals surface area contributed by atoms with Crippen molar-refractivity contribution in [1.82, 2.24) is 5.32 Å². The molecule has 1 fully saturated rings. The molecule has 3 rings (SSSR count). The van der Waals surface area contributed by atoms with E-state index >= 15 is 0 Å². The van der Waals surface area contributed by atoms with Crippen molar-refractivity contribution >= 4 is 0 Å². The largest absolute Gasteiger partial charge is 0.490 e. The Morgan fingerprint density at radius 1 is 1.33 bits per heavy atom. The smallest absolute Gasteiger partial charge is 0.123 e. The van der Waals surface area contributed by atoms with Gasteiger partial charge in [0.25, 0.3) is 0 Å². The van der Waals surface area contributed by atoms with Gasteiger partial charge in [-0.25, -0.2) is 0 Å². The summed E-state index contributed by atoms with van der Waals surface area (Å²) in [5, 5.41) is 3.37. The monoisotopic (exact) mass is 245 g/mol. The molecule has 0 amide bonds. The molecule has 0 bridgehead atoms. The second kappa shape index (κ2) is 4.58. The van der Waals surface area contributed by atoms with Crippen LogP contribution in [0.15, 0.2) is 24.3 Å². The first-order valence-electron chi connectivity index (χ1n) is 7.10. The number of benzene rings is 1. The quantitative estimate of drug-likeness (QED) is 0.861. The van der Waals surface area contributed by atoms with Crippen molar-refractivity contribution in [3.63, 3.8) is 0 Å². The van der Waals surface area contributed by atoms with Crippen LogP contribution in [0.5, 0.6) is 5.75 Å². The SMILES string of the molecule is CNCC(C)(CC1Cc2ccccc2O1)C1CC1. The fourth-order valence-electron chi connectivity index (χ4n) is 3.46. The summed E-state index contributed by atoms with van der Waals surface area (Å²) in [5.41, 5.74) is 1.78. The lowest BCUT2D eigenvalue weighted by Gasteiger charge is -2.32. The van der Waals surface area contributed by atoms with Crippen molar-refractivity contribution in [1.29, 1.82) is 0 Å². The average molecular weight is 245 g/mol. The molecule has 0 spiro atoms. The molecule has 1 aromatic rings. The molecule has 1 saturated carbocycles. The summed E-state index contributed by atoms with van der Waals surface area (Å²) in [6, 6.07) is 8.47. The summed E-state index contributed by atoms with van der Waals surface area (Å²) in [4.78, 5) is 0. The molecule has 1 aliphatic carbocycles. The van der Waals surface area contributed by atoms with Gasteiger partial charge in [-0.05, 0) is 49.3 Å². The van der Waals surface area contributed by atoms with Gasteiger partial charge >= 0.3 is 0 Å². The van der Waals surface area contributed by atoms with E-state index in [1.54, 1.807) is 0 Å². The van der Waals surface area contributed by atoms with Crippen molar-refractivity contribution < 1.29 is 4.74 Å². The van der Waals surface area contributed by atoms with Gasteiger partial charge in [0.15, 0.2) is 0 Å². The first kappa shape index (κ1) is 12.0. The van der Waals surface area contributed by atoms with E-state index in [0.717, 1.165) is 24.6 Å². The zero-order valence-electron chi connectivity index (χ0n) is 11.4. The van der Waals surface area contributed by atoms with Crippen LogP contribution in [0.1, 0.15) is 31.7 Å². The Hall–Kier alpha value is -1.02. The first-order valence-corrected chi connectivity index (χ1v) is 7.10. The molecule has 2 aliphatic rings. The van der Waals surface area contributed by atoms with E-state index in [1.807, 2.05) is 0 Å². The van der Waals surface area contributed by atoms with Gasteiger partial charge in [-0.1, -0.05) is 25.1 Å². The molecule has 18 heavy (non-hydrogen) atoms. The highest BCUT2D eigenvalue weighted by Gasteiger charge is 2.43. The van der Waals surface area contributed by atoms with E-state index in [9.17, 15) is 0 Å². The lowest BCUT2D eigenvalue weighted by atomic mass is 9.78. The van der Waals surface area contributed by atoms with Crippen LogP contribution in [-0.4, -0.2) is 19.7 Å². The molecule has 0 radical (unpaired) electrons. The fraction of sp³-hybridized carbons (Fsp3) is 0.625. The molecule has 1 N–H and O–H groups in total. The zero-order chi connectivity index (χ0) is 12.6. The molecular formula is C16H23NO. The van der Waals surface area contributed by atoms with E-state index in [2.05, 4.69) is 43.6 Å². The first-order chi connectivity index (χ1) is 8.71. The third-order valence-electron chi connectivity index (χ3n) is 4.55. The average Bonchev–Trinajstić information content (AvgIpc) is 3.11. The maximum Gasteiger partial charge on any atom is 0.123 e. The lowest BCUT2D eigenvalue weighted by Crippen LogP contribution is -2.36. The third kappa shape index (κ3) is 2.26. The number of nitrogens with one attached hydrogen (secondary N) is 1. The normalized spacial score (nSPS) is 25.3. The minimum absolute atomic E-state index is 0.376. The minimum atomic E-state index is 0.376. The second-order valence-corrected chi connectivity index (χ2v) is 6.21. The topological polar surface area (TPSA) is 21.3 Å². The van der Waals surface area contributed by atoms with Crippen LogP contribution in [0.2, 0.25) is 0 Å². The predicted molar refractivity (Wildman–Crippen MR) is 73.9 cm³/mol. The Labute approximate surface area is 110 Å². The molecule has 1 aliphatic heterocycles. The molecule has 2 nitrogen and oxygen atoms in total. The predicted octanol–water partition coefficient (Wildman–Crippen LogP) is 3.02. The molecule has 98 valence electrons. The van der Waals surface area contributed by atoms with Crippen LogP contribution < -0.4 is 10.1 Å². The number of hydrogen-bond acceptors (Lipinski definition) is 2. The highest BCUT2D eigenvalue weighted by Crippen LogP contribution is 2.49. The Bertz CT molecular complexity index is 402. The summed E-state index contributed by atoms with van der Waals surface area (Å²) in [7, 11) is 2.06. The van der Waals surface area contributed by atoms with E-state index in [-0.39, 0.29) is 0 Å². The maximum absolute atomic E-state index is 6.10. The van der Waals surface area contributed by atoms with Crippen molar-refractivity contribution in [2.75, 3.05) is 13.6 Å². The molecule has 2 heteroatoms. The maximum atomic E-state index is 6.10. The number of fused-ring (bicyclic) bond motifs is 1. The Kier molecular flexibility index (Phi) is 3.06. The Balaban J connectivity index is 1.67. The van der Waals surface area contributed by atoms with Gasteiger partial charge in [-0.3, -0.25) is 0 Å². The molecule has 0 saturated heterocycles. The molecule has 2 unspecified atom stereocenters. The summed E-state index contributed by atoms with van der Waals surface area (Å²) < 4.78 is 6.10. The molecule has 0 aromatic heterocycles. The number of ether oxygens (including phenoxy) is 1. The third-order valence-corrected chi connectivity index (χ3v) is 4.55. The zero-order valence-corrected chi connectivity index (χ0v) is 11.4. The number of rotatable bonds is 5. The van der Waals surface area contributed by atoms with Gasteiger partial charge in [0, 0.05) is 13.0 Å². The Morgan fingerprint density at radius 2 is 2.11 bits per heavy atom. The van der Waals surface area contributed by atoms with Crippen LogP contribution in [0.25, 0.3) is 0 Å². The van der Waals surface area contributed by atoms with Crippen LogP contribution >= 0.6 is 0 Å². The number of hydrogen-bond donors (Lipinski definition) is 1. The minimum Gasteiger partial charge on any atom is -0.490 e. The summed E-state index contributed by atoms with van der Waals surface area (Å²) in [6.45, 7) is 3.53. The second-order valence-electron chi connectivity index (χ2n) is 6.21. The summed E-state index contributed by atoms with van der Waals surface area (Å²) in [5.74, 6) is 2.00. The van der Waals surface area contributed by atoms with Crippen LogP contribution in [0, 0.1) is 11.3 Å². The van der Waals surface area contributed by atoms with Crippen molar-refractivity contribution in [2.45, 2.75) is 38.7 Å². The highest BCUT2D eigenvalue weighted by atomic mass is 16.5. The van der Waals surface area contributed by atoms with Gasteiger partial charge in [0.2, 0.25) is 0 Å². The van der Waals surface area contributed by atoms with Crippen LogP contribution in [0.3, 0.4) is 0 Å². The van der Waals surface area contributed by atoms with E-state index in [4.69, 9.17) is 4.74 Å². The van der Waals surface area contributed by atoms with E-state index in [0.29, 0.717) is 11.5 Å². The number of para-hydroxylation sites is 1. The molecule has 2 atom stereocenters. The standard InChI is InChI=1S/C16H23NO/c1-16(11-17-2,13-7-8-13)10-14-9-12-5-3-4-6-15(12)18-14/h3-6,13-14,17H,7-11H2,1-2H3. The van der Waals surface area contributed by atoms with Gasteiger partial charge in [-0.15, -0.1) is 0 Å². The summed E-state index contributed by atoms with van der Waals surface area (Å²) in [6.07, 6.45) is 5.44. The van der Waals surface area contributed by atoms with Gasteiger partial charge in [-0.2, -0.15) is 0 Å². The van der Waals surface area contributed by atoms with Crippen LogP contribution in [0.4, 0.5) is 0 Å². The fourth-order valence-corrected chi connectivity index (χ4v) is 3.46. The van der Waals surface area contributed by atoms with Gasteiger partial charge in [0.05, 0.1) is 0 Å². The van der Waals surface area contributed by atoms with Gasteiger partial charge < -0.3 is 10.1 Å². The Morgan fingerprint density at radius 3 is 2.78 bits per heavy atom. The lowest BCUT2D eigenvalue weighted by molar-refractivity contribution is 0.128. The molecule has 1 aromatic carbocycles. The van der Waals surface area contributed by atoms with Crippen molar-refractivity contribution in [3.8, 4) is 5.75 Å². The molecule has 1 heterocycles. The highest BCUT2D eigenvalue weighted by molar-refractivity contribution is 5.37. The van der Waals surface area contributed by atoms with Crippen molar-refractivity contribution in [2.24, 2.45) is 11.3 Å². The van der Waals surface area contributed by atoms with Crippen LogP contribution in [-0.2, 0) is 6.42 Å². The van der Waals surface area contributed by atoms with E-state index in [1.165, 1.54) is 24.8 Å². The van der Waals surface area contributed by atoms with Gasteiger partial charge in [0.1, 0.15) is 11.9 Å².